The van der Waals surface area contributed by atoms with Gasteiger partial charge in [-0.2, -0.15) is 0 Å². The molecule has 1 atom stereocenters. The van der Waals surface area contributed by atoms with Crippen molar-refractivity contribution in [2.24, 2.45) is 0 Å². The number of carbonyl (C=O) groups excluding carboxylic acids is 2. The van der Waals surface area contributed by atoms with Crippen molar-refractivity contribution >= 4 is 50.7 Å². The van der Waals surface area contributed by atoms with Gasteiger partial charge in [-0.1, -0.05) is 78.9 Å². The maximum Gasteiger partial charge on any atom is 0.243 e. The molecular formula is C33H37Cl2F2N3O4S. The maximum atomic E-state index is 14.0. The lowest BCUT2D eigenvalue weighted by atomic mass is 9.94. The van der Waals surface area contributed by atoms with Gasteiger partial charge in [0.1, 0.15) is 6.04 Å². The van der Waals surface area contributed by atoms with Gasteiger partial charge >= 0.3 is 0 Å². The summed E-state index contributed by atoms with van der Waals surface area (Å²) in [6.07, 6.45) is 6.07. The van der Waals surface area contributed by atoms with E-state index in [1.165, 1.54) is 11.0 Å². The van der Waals surface area contributed by atoms with Crippen molar-refractivity contribution < 1.29 is 26.8 Å². The Kier molecular flexibility index (Phi) is 12.2. The summed E-state index contributed by atoms with van der Waals surface area (Å²) in [6.45, 7) is -0.0991. The Labute approximate surface area is 273 Å². The van der Waals surface area contributed by atoms with Crippen LogP contribution in [0.5, 0.6) is 0 Å². The molecule has 0 heterocycles. The number of amides is 2. The molecule has 0 spiro atoms. The monoisotopic (exact) mass is 679 g/mol. The fourth-order valence-electron chi connectivity index (χ4n) is 5.58. The highest BCUT2D eigenvalue weighted by Gasteiger charge is 2.32. The maximum absolute atomic E-state index is 14.0. The van der Waals surface area contributed by atoms with Gasteiger partial charge in [0.2, 0.25) is 21.8 Å². The Morgan fingerprint density at radius 2 is 1.62 bits per heavy atom. The van der Waals surface area contributed by atoms with Crippen LogP contribution in [-0.4, -0.2) is 50.0 Å². The summed E-state index contributed by atoms with van der Waals surface area (Å²) in [5.41, 5.74) is 1.49. The number of anilines is 1. The zero-order valence-corrected chi connectivity index (χ0v) is 27.4. The van der Waals surface area contributed by atoms with Gasteiger partial charge in [-0.25, -0.2) is 17.2 Å². The zero-order valence-electron chi connectivity index (χ0n) is 25.0. The van der Waals surface area contributed by atoms with E-state index in [0.29, 0.717) is 15.6 Å². The number of rotatable bonds is 13. The summed E-state index contributed by atoms with van der Waals surface area (Å²) >= 11 is 12.4. The molecule has 45 heavy (non-hydrogen) atoms. The smallest absolute Gasteiger partial charge is 0.243 e. The molecule has 0 aliphatic heterocycles. The van der Waals surface area contributed by atoms with E-state index in [2.05, 4.69) is 5.32 Å². The van der Waals surface area contributed by atoms with Crippen LogP contribution < -0.4 is 9.62 Å². The molecule has 2 amide bonds. The minimum absolute atomic E-state index is 0.0193. The van der Waals surface area contributed by atoms with Crippen LogP contribution in [0.25, 0.3) is 0 Å². The molecular weight excluding hydrogens is 643 g/mol. The average Bonchev–Trinajstić information content (AvgIpc) is 3.00. The highest BCUT2D eigenvalue weighted by molar-refractivity contribution is 7.92. The van der Waals surface area contributed by atoms with Crippen LogP contribution in [0.2, 0.25) is 10.0 Å². The van der Waals surface area contributed by atoms with Gasteiger partial charge in [0, 0.05) is 38.0 Å². The topological polar surface area (TPSA) is 86.8 Å². The molecule has 12 heteroatoms. The molecule has 0 aromatic heterocycles. The number of hydrogen-bond donors (Lipinski definition) is 1. The molecule has 1 N–H and O–H groups in total. The van der Waals surface area contributed by atoms with Gasteiger partial charge in [-0.3, -0.25) is 13.9 Å². The van der Waals surface area contributed by atoms with E-state index in [1.54, 1.807) is 18.2 Å². The number of halogens is 4. The van der Waals surface area contributed by atoms with Gasteiger partial charge in [0.15, 0.2) is 11.6 Å². The van der Waals surface area contributed by atoms with Crippen molar-refractivity contribution in [3.05, 3.63) is 99.5 Å². The highest BCUT2D eigenvalue weighted by Crippen LogP contribution is 2.26. The zero-order chi connectivity index (χ0) is 32.6. The van der Waals surface area contributed by atoms with Crippen molar-refractivity contribution in [1.82, 2.24) is 10.2 Å². The minimum Gasteiger partial charge on any atom is -0.352 e. The first-order valence-electron chi connectivity index (χ1n) is 14.9. The second kappa shape index (κ2) is 15.9. The molecule has 1 aliphatic carbocycles. The molecule has 0 bridgehead atoms. The summed E-state index contributed by atoms with van der Waals surface area (Å²) in [5.74, 6) is -2.92. The van der Waals surface area contributed by atoms with Crippen LogP contribution in [0.3, 0.4) is 0 Å². The van der Waals surface area contributed by atoms with Crippen molar-refractivity contribution in [2.75, 3.05) is 17.1 Å². The average molecular weight is 681 g/mol. The van der Waals surface area contributed by atoms with E-state index in [-0.39, 0.29) is 55.9 Å². The van der Waals surface area contributed by atoms with Crippen LogP contribution in [0.4, 0.5) is 14.5 Å². The molecule has 3 aromatic carbocycles. The van der Waals surface area contributed by atoms with Gasteiger partial charge in [-0.05, 0) is 54.7 Å². The SMILES string of the molecule is CS(=O)(=O)N(CCCC(=O)N(Cc1ccc(Cl)c(Cl)c1)[C@@H](Cc1ccccc1)C(=O)NC1CCCCC1)c1ccc(F)c(F)c1. The predicted molar refractivity (Wildman–Crippen MR) is 174 cm³/mol. The third kappa shape index (κ3) is 9.89. The molecule has 242 valence electrons. The number of sulfonamides is 1. The highest BCUT2D eigenvalue weighted by atomic mass is 35.5. The van der Waals surface area contributed by atoms with Gasteiger partial charge < -0.3 is 10.2 Å². The van der Waals surface area contributed by atoms with Crippen molar-refractivity contribution in [2.45, 2.75) is 70.0 Å². The Bertz CT molecular complexity index is 1590. The molecule has 0 unspecified atom stereocenters. The minimum atomic E-state index is -3.88. The molecule has 1 aliphatic rings. The van der Waals surface area contributed by atoms with E-state index in [4.69, 9.17) is 23.2 Å². The van der Waals surface area contributed by atoms with Crippen molar-refractivity contribution in [1.29, 1.82) is 0 Å². The van der Waals surface area contributed by atoms with E-state index in [0.717, 1.165) is 60.4 Å². The fourth-order valence-corrected chi connectivity index (χ4v) is 6.85. The first-order chi connectivity index (χ1) is 21.4. The second-order valence-electron chi connectivity index (χ2n) is 11.4. The quantitative estimate of drug-likeness (QED) is 0.213. The number of nitrogens with zero attached hydrogens (tertiary/aromatic N) is 2. The van der Waals surface area contributed by atoms with E-state index < -0.39 is 27.7 Å². The Morgan fingerprint density at radius 3 is 2.27 bits per heavy atom. The normalized spacial score (nSPS) is 14.5. The van der Waals surface area contributed by atoms with Crippen molar-refractivity contribution in [3.8, 4) is 0 Å². The number of benzene rings is 3. The summed E-state index contributed by atoms with van der Waals surface area (Å²) in [4.78, 5) is 29.4. The lowest BCUT2D eigenvalue weighted by molar-refractivity contribution is -0.141. The van der Waals surface area contributed by atoms with E-state index in [9.17, 15) is 26.8 Å². The molecule has 3 aromatic rings. The molecule has 1 saturated carbocycles. The molecule has 0 saturated heterocycles. The standard InChI is InChI=1S/C33H37Cl2F2N3O4S/c1-45(43,44)40(26-15-17-29(36)30(37)21-26)18-8-13-32(41)39(22-24-14-16-27(34)28(35)19-24)31(20-23-9-4-2-5-10-23)33(42)38-25-11-6-3-7-12-25/h2,4-5,9-10,14-17,19,21,25,31H,3,6-8,11-13,18,20,22H2,1H3,(H,38,42)/t31-/m0/s1. The largest absolute Gasteiger partial charge is 0.352 e. The number of hydrogen-bond acceptors (Lipinski definition) is 4. The van der Waals surface area contributed by atoms with Gasteiger partial charge in [0.05, 0.1) is 22.0 Å². The van der Waals surface area contributed by atoms with Gasteiger partial charge in [-0.15, -0.1) is 0 Å². The van der Waals surface area contributed by atoms with Crippen LogP contribution in [0.1, 0.15) is 56.1 Å². The second-order valence-corrected chi connectivity index (χ2v) is 14.1. The first-order valence-corrected chi connectivity index (χ1v) is 17.5. The van der Waals surface area contributed by atoms with Crippen LogP contribution >= 0.6 is 23.2 Å². The van der Waals surface area contributed by atoms with Crippen LogP contribution in [0.15, 0.2) is 66.7 Å². The summed E-state index contributed by atoms with van der Waals surface area (Å²) < 4.78 is 53.5. The molecule has 7 nitrogen and oxygen atoms in total. The Hall–Kier alpha value is -3.21. The molecule has 0 radical (unpaired) electrons. The summed E-state index contributed by atoms with van der Waals surface area (Å²) in [7, 11) is -3.88. The van der Waals surface area contributed by atoms with Crippen LogP contribution in [-0.2, 0) is 32.6 Å². The lowest BCUT2D eigenvalue weighted by Gasteiger charge is -2.34. The Morgan fingerprint density at radius 1 is 0.911 bits per heavy atom. The lowest BCUT2D eigenvalue weighted by Crippen LogP contribution is -2.52. The first kappa shape index (κ1) is 34.7. The third-order valence-electron chi connectivity index (χ3n) is 7.90. The summed E-state index contributed by atoms with van der Waals surface area (Å²) in [5, 5.41) is 3.84. The van der Waals surface area contributed by atoms with Crippen LogP contribution in [0, 0.1) is 11.6 Å². The van der Waals surface area contributed by atoms with E-state index >= 15 is 0 Å². The number of carbonyl (C=O) groups is 2. The Balaban J connectivity index is 1.61. The molecule has 1 fully saturated rings. The predicted octanol–water partition coefficient (Wildman–Crippen LogP) is 6.91. The molecule has 4 rings (SSSR count). The van der Waals surface area contributed by atoms with Gasteiger partial charge in [0.25, 0.3) is 0 Å². The van der Waals surface area contributed by atoms with Crippen molar-refractivity contribution in [3.63, 3.8) is 0 Å². The summed E-state index contributed by atoms with van der Waals surface area (Å²) in [6, 6.07) is 16.4. The van der Waals surface area contributed by atoms with E-state index in [1.807, 2.05) is 30.3 Å². The fraction of sp³-hybridized carbons (Fsp3) is 0.394. The number of nitrogens with one attached hydrogen (secondary N) is 1. The third-order valence-corrected chi connectivity index (χ3v) is 9.84.